The Hall–Kier alpha value is 1.06. The summed E-state index contributed by atoms with van der Waals surface area (Å²) in [6.07, 6.45) is 0. The lowest BCUT2D eigenvalue weighted by Gasteiger charge is -1.73. The summed E-state index contributed by atoms with van der Waals surface area (Å²) in [6, 6.07) is 0. The van der Waals surface area contributed by atoms with Crippen molar-refractivity contribution in [2.45, 2.75) is 48.8 Å². The Bertz CT molecular complexity index is 28.2. The minimum atomic E-state index is 0.432. The highest BCUT2D eigenvalue weighted by Gasteiger charge is 1.76. The van der Waals surface area contributed by atoms with Gasteiger partial charge < -0.3 is 0 Å². The van der Waals surface area contributed by atoms with E-state index < -0.39 is 0 Å². The highest BCUT2D eigenvalue weighted by Crippen LogP contribution is 1.77. The molecule has 0 unspecified atom stereocenters. The Balaban J connectivity index is 0. The van der Waals surface area contributed by atoms with Crippen molar-refractivity contribution >= 4 is 30.4 Å². The summed E-state index contributed by atoms with van der Waals surface area (Å²) >= 11 is 0.864. The number of hydrogen-bond donors (Lipinski definition) is 0. The van der Waals surface area contributed by atoms with Crippen LogP contribution in [0, 0.1) is 0 Å². The fourth-order valence-electron chi connectivity index (χ4n) is 0.707. The predicted molar refractivity (Wildman–Crippen MR) is 56.2 cm³/mol. The van der Waals surface area contributed by atoms with Gasteiger partial charge >= 0.3 is 0 Å². The monoisotopic (exact) mass is 172 g/mol. The molecule has 0 aliphatic heterocycles. The van der Waals surface area contributed by atoms with Crippen molar-refractivity contribution in [1.29, 1.82) is 0 Å². The second kappa shape index (κ2) is 16.6. The first-order valence-electron chi connectivity index (χ1n) is 4.83. The van der Waals surface area contributed by atoms with E-state index in [-0.39, 0.29) is 0 Å². The van der Waals surface area contributed by atoms with Crippen LogP contribution in [-0.2, 0) is 0 Å². The van der Waals surface area contributed by atoms with Gasteiger partial charge in [-0.05, 0) is 0 Å². The van der Waals surface area contributed by atoms with E-state index in [0.717, 1.165) is 0 Å². The molecule has 0 aromatic carbocycles. The largest absolute Gasteiger partial charge is 0.236 e. The molecule has 0 atom stereocenters. The molecule has 0 saturated carbocycles. The highest BCUT2D eigenvalue weighted by molar-refractivity contribution is 6.35. The maximum atomic E-state index is 2.27. The second-order valence-electron chi connectivity index (χ2n) is 2.71. The Morgan fingerprint density at radius 2 is 0.800 bits per heavy atom. The van der Waals surface area contributed by atoms with Gasteiger partial charge in [-0.3, -0.25) is 0 Å². The highest BCUT2D eigenvalue weighted by atomic mass is 27.1. The van der Waals surface area contributed by atoms with Gasteiger partial charge in [-0.25, -0.2) is 0 Å². The minimum Gasteiger partial charge on any atom is -0.100 e. The first kappa shape index (κ1) is 13.6. The molecule has 0 bridgehead atoms. The maximum Gasteiger partial charge on any atom is 0.236 e. The molecule has 0 aromatic rings. The Morgan fingerprint density at radius 1 is 0.600 bits per heavy atom. The molecule has 0 aliphatic rings. The van der Waals surface area contributed by atoms with Crippen molar-refractivity contribution in [1.82, 2.24) is 0 Å². The average molecular weight is 172 g/mol. The fourth-order valence-corrected chi connectivity index (χ4v) is 2.12. The fraction of sp³-hybridized carbons (Fsp3) is 1.00. The van der Waals surface area contributed by atoms with Crippen LogP contribution < -0.4 is 0 Å². The lowest BCUT2D eigenvalue weighted by Crippen LogP contribution is -1.76. The third kappa shape index (κ3) is 23.0. The van der Waals surface area contributed by atoms with Crippen molar-refractivity contribution < 1.29 is 0 Å². The van der Waals surface area contributed by atoms with Gasteiger partial charge in [-0.15, -0.1) is 21.1 Å². The molecule has 0 N–H and O–H groups in total. The van der Waals surface area contributed by atoms with E-state index in [1.165, 1.54) is 21.1 Å². The van der Waals surface area contributed by atoms with Crippen LogP contribution in [0.25, 0.3) is 0 Å². The summed E-state index contributed by atoms with van der Waals surface area (Å²) in [7, 11) is 0. The topological polar surface area (TPSA) is 0 Å². The van der Waals surface area contributed by atoms with Gasteiger partial charge in [0, 0.05) is 0 Å². The summed E-state index contributed by atoms with van der Waals surface area (Å²) < 4.78 is 0. The Labute approximate surface area is 79.2 Å². The molecule has 0 rings (SSSR count). The summed E-state index contributed by atoms with van der Waals surface area (Å²) in [6.45, 7) is 9.09. The zero-order chi connectivity index (χ0) is 8.24. The third-order valence-corrected chi connectivity index (χ3v) is 4.24. The van der Waals surface area contributed by atoms with Gasteiger partial charge in [0.1, 0.15) is 0 Å². The number of rotatable bonds is 4. The van der Waals surface area contributed by atoms with Crippen LogP contribution >= 0.6 is 0 Å². The van der Waals surface area contributed by atoms with Crippen LogP contribution in [0.2, 0.25) is 21.1 Å². The third-order valence-electron chi connectivity index (χ3n) is 1.41. The predicted octanol–water partition coefficient (Wildman–Crippen LogP) is 2.60. The van der Waals surface area contributed by atoms with Crippen LogP contribution in [0.4, 0.5) is 0 Å². The second-order valence-corrected chi connectivity index (χ2v) is 8.12. The first-order valence-corrected chi connectivity index (χ1v) is 8.83. The summed E-state index contributed by atoms with van der Waals surface area (Å²) in [5.41, 5.74) is 0. The van der Waals surface area contributed by atoms with Crippen LogP contribution in [-0.4, -0.2) is 30.4 Å². The lowest BCUT2D eigenvalue weighted by atomic mass is 10.9. The van der Waals surface area contributed by atoms with E-state index in [1.54, 1.807) is 0 Å². The molecule has 0 nitrogen and oxygen atoms in total. The minimum absolute atomic E-state index is 0.432. The molecular weight excluding hydrogens is 150 g/mol. The molecule has 10 heavy (non-hydrogen) atoms. The van der Waals surface area contributed by atoms with Gasteiger partial charge in [0.25, 0.3) is 0 Å². The van der Waals surface area contributed by atoms with Gasteiger partial charge in [0.15, 0.2) is 0 Å². The van der Waals surface area contributed by atoms with Crippen LogP contribution in [0.1, 0.15) is 27.7 Å². The van der Waals surface area contributed by atoms with Gasteiger partial charge in [-0.1, -0.05) is 27.7 Å². The van der Waals surface area contributed by atoms with Crippen molar-refractivity contribution in [3.05, 3.63) is 0 Å². The molecule has 0 aromatic heterocycles. The van der Waals surface area contributed by atoms with Crippen LogP contribution in [0.15, 0.2) is 0 Å². The van der Waals surface area contributed by atoms with Gasteiger partial charge in [0.05, 0.1) is 0 Å². The molecule has 0 aliphatic carbocycles. The molecule has 0 fully saturated rings. The van der Waals surface area contributed by atoms with Crippen molar-refractivity contribution in [2.24, 2.45) is 0 Å². The SMILES string of the molecule is C[CH2][AlH][CH2]C.C[CH2][AlH][CH2]C. The van der Waals surface area contributed by atoms with E-state index in [0.29, 0.717) is 30.4 Å². The van der Waals surface area contributed by atoms with E-state index in [9.17, 15) is 0 Å². The summed E-state index contributed by atoms with van der Waals surface area (Å²) in [5, 5.41) is 5.93. The molecule has 0 heterocycles. The van der Waals surface area contributed by atoms with E-state index >= 15 is 0 Å². The molecule has 2 heteroatoms. The first-order chi connectivity index (χ1) is 4.83. The summed E-state index contributed by atoms with van der Waals surface area (Å²) in [5.74, 6) is 0. The van der Waals surface area contributed by atoms with E-state index in [4.69, 9.17) is 0 Å². The molecule has 60 valence electrons. The standard InChI is InChI=1S/4C2H5.2Al.2H/c4*1-2;;;;/h4*1H2,2H3;;;;. The summed E-state index contributed by atoms with van der Waals surface area (Å²) in [4.78, 5) is 0. The van der Waals surface area contributed by atoms with E-state index in [2.05, 4.69) is 27.7 Å². The Kier molecular flexibility index (Phi) is 22.6. The molecule has 0 saturated heterocycles. The van der Waals surface area contributed by atoms with E-state index in [1.807, 2.05) is 0 Å². The normalized spacial score (nSPS) is 7.60. The molecule has 0 radical (unpaired) electrons. The van der Waals surface area contributed by atoms with Crippen LogP contribution in [0.5, 0.6) is 0 Å². The van der Waals surface area contributed by atoms with Crippen LogP contribution in [0.3, 0.4) is 0 Å². The van der Waals surface area contributed by atoms with Gasteiger partial charge in [0.2, 0.25) is 30.4 Å². The van der Waals surface area contributed by atoms with Crippen molar-refractivity contribution in [2.75, 3.05) is 0 Å². The lowest BCUT2D eigenvalue weighted by molar-refractivity contribution is 1.36. The molecular formula is C8H22Al2. The number of hydrogen-bond acceptors (Lipinski definition) is 0. The average Bonchev–Trinajstić information content (AvgIpc) is 1.93. The maximum absolute atomic E-state index is 2.27. The zero-order valence-electron chi connectivity index (χ0n) is 8.24. The Morgan fingerprint density at radius 3 is 0.800 bits per heavy atom. The molecule has 0 amide bonds. The van der Waals surface area contributed by atoms with Gasteiger partial charge in [-0.2, -0.15) is 0 Å². The van der Waals surface area contributed by atoms with Crippen molar-refractivity contribution in [3.63, 3.8) is 0 Å². The smallest absolute Gasteiger partial charge is 0.100 e. The van der Waals surface area contributed by atoms with Crippen molar-refractivity contribution in [3.8, 4) is 0 Å². The quantitative estimate of drug-likeness (QED) is 0.572. The zero-order valence-corrected chi connectivity index (χ0v) is 11.1. The molecule has 0 spiro atoms.